The number of ether oxygens (including phenoxy) is 1. The molecule has 15 heavy (non-hydrogen) atoms. The van der Waals surface area contributed by atoms with Crippen molar-refractivity contribution in [2.75, 3.05) is 7.11 Å². The van der Waals surface area contributed by atoms with E-state index in [-0.39, 0.29) is 18.2 Å². The molecule has 0 aliphatic heterocycles. The molecule has 0 amide bonds. The molecule has 0 atom stereocenters. The molecule has 0 aromatic rings. The van der Waals surface area contributed by atoms with Gasteiger partial charge in [0.1, 0.15) is 8.07 Å². The van der Waals surface area contributed by atoms with E-state index in [2.05, 4.69) is 35.8 Å². The minimum absolute atomic E-state index is 0.0821. The molecule has 0 saturated heterocycles. The standard InChI is InChI=1S/C11H18O3Si/c1-14-11(13)7-5-6-10(12)8-9-15(2,3)4/h5-7H2,1-4H3. The zero-order valence-electron chi connectivity index (χ0n) is 9.85. The minimum Gasteiger partial charge on any atom is -0.469 e. The molecule has 0 spiro atoms. The quantitative estimate of drug-likeness (QED) is 0.417. The van der Waals surface area contributed by atoms with Crippen molar-refractivity contribution in [2.45, 2.75) is 38.9 Å². The summed E-state index contributed by atoms with van der Waals surface area (Å²) >= 11 is 0. The lowest BCUT2D eigenvalue weighted by Gasteiger charge is -2.02. The zero-order chi connectivity index (χ0) is 11.9. The van der Waals surface area contributed by atoms with Crippen LogP contribution in [0.25, 0.3) is 0 Å². The monoisotopic (exact) mass is 226 g/mol. The molecular formula is C11H18O3Si. The predicted molar refractivity (Wildman–Crippen MR) is 62.0 cm³/mol. The molecule has 0 fully saturated rings. The Morgan fingerprint density at radius 1 is 1.20 bits per heavy atom. The van der Waals surface area contributed by atoms with Gasteiger partial charge in [0.25, 0.3) is 0 Å². The van der Waals surface area contributed by atoms with Crippen molar-refractivity contribution in [1.82, 2.24) is 0 Å². The first-order valence-electron chi connectivity index (χ1n) is 4.98. The van der Waals surface area contributed by atoms with Gasteiger partial charge in [-0.3, -0.25) is 9.59 Å². The van der Waals surface area contributed by atoms with E-state index in [1.807, 2.05) is 0 Å². The average Bonchev–Trinajstić information content (AvgIpc) is 2.13. The Bertz CT molecular complexity index is 291. The Morgan fingerprint density at radius 3 is 2.27 bits per heavy atom. The van der Waals surface area contributed by atoms with E-state index in [0.29, 0.717) is 12.8 Å². The van der Waals surface area contributed by atoms with E-state index in [0.717, 1.165) is 0 Å². The van der Waals surface area contributed by atoms with Gasteiger partial charge in [-0.15, -0.1) is 5.54 Å². The summed E-state index contributed by atoms with van der Waals surface area (Å²) in [6, 6.07) is 0. The number of Topliss-reactive ketones (excluding diaryl/α,β-unsaturated/α-hetero) is 1. The van der Waals surface area contributed by atoms with Crippen molar-refractivity contribution >= 4 is 19.8 Å². The topological polar surface area (TPSA) is 43.4 Å². The lowest BCUT2D eigenvalue weighted by atomic mass is 10.2. The number of hydrogen-bond donors (Lipinski definition) is 0. The molecule has 0 rings (SSSR count). The normalized spacial score (nSPS) is 10.1. The van der Waals surface area contributed by atoms with Crippen LogP contribution in [0.15, 0.2) is 0 Å². The highest BCUT2D eigenvalue weighted by Crippen LogP contribution is 1.99. The third-order valence-corrected chi connectivity index (χ3v) is 2.46. The summed E-state index contributed by atoms with van der Waals surface area (Å²) in [6.07, 6.45) is 1.15. The first-order chi connectivity index (χ1) is 6.85. The average molecular weight is 226 g/mol. The molecule has 0 bridgehead atoms. The van der Waals surface area contributed by atoms with Crippen molar-refractivity contribution < 1.29 is 14.3 Å². The molecular weight excluding hydrogens is 208 g/mol. The second-order valence-corrected chi connectivity index (χ2v) is 9.10. The van der Waals surface area contributed by atoms with Crippen LogP contribution in [-0.2, 0) is 14.3 Å². The van der Waals surface area contributed by atoms with Gasteiger partial charge in [-0.2, -0.15) is 0 Å². The largest absolute Gasteiger partial charge is 0.469 e. The van der Waals surface area contributed by atoms with E-state index in [4.69, 9.17) is 0 Å². The first-order valence-corrected chi connectivity index (χ1v) is 8.48. The molecule has 0 saturated carbocycles. The van der Waals surface area contributed by atoms with Crippen molar-refractivity contribution in [2.24, 2.45) is 0 Å². The van der Waals surface area contributed by atoms with E-state index in [1.54, 1.807) is 0 Å². The van der Waals surface area contributed by atoms with Crippen LogP contribution in [0.2, 0.25) is 19.6 Å². The molecule has 0 aliphatic rings. The molecule has 0 N–H and O–H groups in total. The predicted octanol–water partition coefficient (Wildman–Crippen LogP) is 1.78. The summed E-state index contributed by atoms with van der Waals surface area (Å²) in [4.78, 5) is 22.0. The van der Waals surface area contributed by atoms with Gasteiger partial charge in [-0.05, 0) is 12.3 Å². The number of esters is 1. The van der Waals surface area contributed by atoms with Gasteiger partial charge in [0, 0.05) is 12.8 Å². The Morgan fingerprint density at radius 2 is 1.80 bits per heavy atom. The molecule has 4 heteroatoms. The van der Waals surface area contributed by atoms with Gasteiger partial charge in [-0.25, -0.2) is 0 Å². The van der Waals surface area contributed by atoms with Crippen molar-refractivity contribution in [3.8, 4) is 11.5 Å². The van der Waals surface area contributed by atoms with Crippen LogP contribution in [-0.4, -0.2) is 26.9 Å². The fourth-order valence-electron chi connectivity index (χ4n) is 0.815. The van der Waals surface area contributed by atoms with Crippen LogP contribution < -0.4 is 0 Å². The molecule has 0 heterocycles. The minimum atomic E-state index is -1.46. The molecule has 0 radical (unpaired) electrons. The summed E-state index contributed by atoms with van der Waals surface area (Å²) in [6.45, 7) is 6.26. The van der Waals surface area contributed by atoms with E-state index in [1.165, 1.54) is 7.11 Å². The van der Waals surface area contributed by atoms with Gasteiger partial charge < -0.3 is 4.74 Å². The Hall–Kier alpha value is -1.08. The first kappa shape index (κ1) is 13.9. The Kier molecular flexibility index (Phi) is 5.95. The number of hydrogen-bond acceptors (Lipinski definition) is 3. The maximum absolute atomic E-state index is 11.3. The Labute approximate surface area is 92.2 Å². The van der Waals surface area contributed by atoms with Crippen LogP contribution >= 0.6 is 0 Å². The second-order valence-electron chi connectivity index (χ2n) is 4.35. The summed E-state index contributed by atoms with van der Waals surface area (Å²) in [5.74, 6) is 2.28. The van der Waals surface area contributed by atoms with Gasteiger partial charge in [0.05, 0.1) is 7.11 Å². The lowest BCUT2D eigenvalue weighted by Crippen LogP contribution is -2.17. The maximum Gasteiger partial charge on any atom is 0.305 e. The second kappa shape index (κ2) is 6.41. The number of methoxy groups -OCH3 is 1. The van der Waals surface area contributed by atoms with Gasteiger partial charge in [0.2, 0.25) is 5.78 Å². The summed E-state index contributed by atoms with van der Waals surface area (Å²) in [5.41, 5.74) is 3.00. The van der Waals surface area contributed by atoms with Crippen LogP contribution in [0.1, 0.15) is 19.3 Å². The van der Waals surface area contributed by atoms with Gasteiger partial charge >= 0.3 is 5.97 Å². The van der Waals surface area contributed by atoms with E-state index >= 15 is 0 Å². The van der Waals surface area contributed by atoms with E-state index < -0.39 is 8.07 Å². The summed E-state index contributed by atoms with van der Waals surface area (Å²) < 4.78 is 4.47. The van der Waals surface area contributed by atoms with Gasteiger partial charge in [0.15, 0.2) is 0 Å². The summed E-state index contributed by atoms with van der Waals surface area (Å²) in [7, 11) is -0.119. The highest BCUT2D eigenvalue weighted by molar-refractivity contribution is 6.84. The summed E-state index contributed by atoms with van der Waals surface area (Å²) in [5, 5.41) is 0. The molecule has 84 valence electrons. The molecule has 0 aliphatic carbocycles. The molecule has 0 aromatic heterocycles. The van der Waals surface area contributed by atoms with Crippen molar-refractivity contribution in [1.29, 1.82) is 0 Å². The maximum atomic E-state index is 11.3. The van der Waals surface area contributed by atoms with Crippen LogP contribution in [0.4, 0.5) is 0 Å². The van der Waals surface area contributed by atoms with Gasteiger partial charge in [-0.1, -0.05) is 19.6 Å². The van der Waals surface area contributed by atoms with Crippen molar-refractivity contribution in [3.63, 3.8) is 0 Å². The fraction of sp³-hybridized carbons (Fsp3) is 0.636. The number of rotatable bonds is 4. The molecule has 0 aromatic carbocycles. The SMILES string of the molecule is COC(=O)CCCC(=O)C#C[Si](C)(C)C. The third-order valence-electron chi connectivity index (χ3n) is 1.59. The highest BCUT2D eigenvalue weighted by Gasteiger charge is 2.08. The smallest absolute Gasteiger partial charge is 0.305 e. The van der Waals surface area contributed by atoms with E-state index in [9.17, 15) is 9.59 Å². The Balaban J connectivity index is 3.85. The molecule has 0 unspecified atom stereocenters. The number of ketones is 1. The lowest BCUT2D eigenvalue weighted by molar-refractivity contribution is -0.140. The zero-order valence-corrected chi connectivity index (χ0v) is 10.8. The van der Waals surface area contributed by atoms with Crippen molar-refractivity contribution in [3.05, 3.63) is 0 Å². The molecule has 3 nitrogen and oxygen atoms in total. The number of carbonyl (C=O) groups excluding carboxylic acids is 2. The number of carbonyl (C=O) groups is 2. The van der Waals surface area contributed by atoms with Crippen LogP contribution in [0.3, 0.4) is 0 Å². The third kappa shape index (κ3) is 9.23. The van der Waals surface area contributed by atoms with Crippen LogP contribution in [0.5, 0.6) is 0 Å². The fourth-order valence-corrected chi connectivity index (χ4v) is 1.33. The highest BCUT2D eigenvalue weighted by atomic mass is 28.3. The van der Waals surface area contributed by atoms with Crippen LogP contribution in [0, 0.1) is 11.5 Å².